The number of halogens is 1. The largest absolute Gasteiger partial charge is 2.00 e. The second-order valence-corrected chi connectivity index (χ2v) is 15.1. The van der Waals surface area contributed by atoms with Crippen LogP contribution in [-0.2, 0) is 18.9 Å². The molecule has 0 aliphatic rings. The van der Waals surface area contributed by atoms with Gasteiger partial charge in [0.15, 0.2) is 0 Å². The second kappa shape index (κ2) is 21.9. The van der Waals surface area contributed by atoms with Crippen LogP contribution in [0.2, 0.25) is 0 Å². The first-order valence-electron chi connectivity index (χ1n) is 15.6. The minimum atomic E-state index is -0.758. The van der Waals surface area contributed by atoms with Crippen LogP contribution in [0.3, 0.4) is 0 Å². The maximum atomic E-state index is 12.5. The number of amides is 3. The third kappa shape index (κ3) is 26.7. The summed E-state index contributed by atoms with van der Waals surface area (Å²) in [7, 11) is 0. The number of hydrogen-bond acceptors (Lipinski definition) is 8. The van der Waals surface area contributed by atoms with E-state index in [2.05, 4.69) is 41.3 Å². The molecule has 2 aromatic carbocycles. The number of hydrogen-bond donors (Lipinski definition) is 1. The van der Waals surface area contributed by atoms with Crippen LogP contribution in [0.5, 0.6) is 0 Å². The molecular weight excluding hydrogens is 717 g/mol. The fourth-order valence-electron chi connectivity index (χ4n) is 3.45. The predicted octanol–water partition coefficient (Wildman–Crippen LogP) is 6.87. The SMILES string of the molecule is C=C(N=NC(=O)OC(C)(C)C)OC(C)(C)C.Cc1[c-]ccc(C)c1.Cc1ccc(N(NC(=O)OC(C)(C)C)C(=O)OC(C)(C)C)c(C)c1.[Br-].[Mg+2]. The molecule has 11 nitrogen and oxygen atoms in total. The Hall–Kier alpha value is -3.16. The summed E-state index contributed by atoms with van der Waals surface area (Å²) in [5, 5.41) is 7.94. The van der Waals surface area contributed by atoms with E-state index in [1.165, 1.54) is 11.1 Å². The number of carbonyl (C=O) groups excluding carboxylic acids is 3. The van der Waals surface area contributed by atoms with Crippen molar-refractivity contribution in [3.05, 3.63) is 77.2 Å². The molecule has 0 radical (unpaired) electrons. The molecule has 2 aromatic rings. The van der Waals surface area contributed by atoms with Crippen molar-refractivity contribution in [1.29, 1.82) is 0 Å². The number of rotatable bonds is 3. The van der Waals surface area contributed by atoms with E-state index >= 15 is 0 Å². The van der Waals surface area contributed by atoms with Gasteiger partial charge in [0.2, 0.25) is 5.88 Å². The molecule has 3 amide bonds. The zero-order chi connectivity index (χ0) is 37.7. The van der Waals surface area contributed by atoms with Crippen molar-refractivity contribution in [3.8, 4) is 0 Å². The fourth-order valence-corrected chi connectivity index (χ4v) is 3.45. The Morgan fingerprint density at radius 2 is 1.18 bits per heavy atom. The van der Waals surface area contributed by atoms with Gasteiger partial charge in [-0.1, -0.05) is 36.7 Å². The molecule has 0 aromatic heterocycles. The van der Waals surface area contributed by atoms with Crippen molar-refractivity contribution >= 4 is 47.0 Å². The maximum Gasteiger partial charge on any atom is 2.00 e. The monoisotopic (exact) mass is 772 g/mol. The topological polar surface area (TPSA) is 128 Å². The van der Waals surface area contributed by atoms with E-state index in [4.69, 9.17) is 18.9 Å². The molecule has 276 valence electrons. The number of hydrazine groups is 1. The van der Waals surface area contributed by atoms with E-state index < -0.39 is 40.7 Å². The van der Waals surface area contributed by atoms with Gasteiger partial charge in [-0.2, -0.15) is 40.4 Å². The molecule has 0 heterocycles. The van der Waals surface area contributed by atoms with E-state index in [0.717, 1.165) is 16.1 Å². The number of aryl methyl sites for hydroxylation is 4. The minimum Gasteiger partial charge on any atom is -1.00 e. The third-order valence-electron chi connectivity index (χ3n) is 4.93. The van der Waals surface area contributed by atoms with Crippen LogP contribution in [0.1, 0.15) is 105 Å². The summed E-state index contributed by atoms with van der Waals surface area (Å²) in [6, 6.07) is 14.7. The Balaban J connectivity index is -0.000000731. The van der Waals surface area contributed by atoms with Crippen molar-refractivity contribution in [3.63, 3.8) is 0 Å². The summed E-state index contributed by atoms with van der Waals surface area (Å²) in [4.78, 5) is 35.8. The number of carbonyl (C=O) groups is 3. The number of nitrogens with one attached hydrogen (secondary N) is 1. The molecule has 0 spiro atoms. The van der Waals surface area contributed by atoms with Gasteiger partial charge in [-0.15, -0.1) is 5.11 Å². The molecule has 0 atom stereocenters. The summed E-state index contributed by atoms with van der Waals surface area (Å²) in [5.74, 6) is 0.0818. The normalized spacial score (nSPS) is 11.1. The van der Waals surface area contributed by atoms with Gasteiger partial charge < -0.3 is 35.9 Å². The molecule has 0 saturated heterocycles. The molecule has 2 rings (SSSR count). The molecular formula is C37H57BrMgN4O7. The molecule has 0 aliphatic carbocycles. The van der Waals surface area contributed by atoms with E-state index in [1.807, 2.05) is 65.8 Å². The van der Waals surface area contributed by atoms with Crippen LogP contribution in [0.25, 0.3) is 0 Å². The number of nitrogens with zero attached hydrogens (tertiary/aromatic N) is 3. The number of azo groups is 1. The van der Waals surface area contributed by atoms with Crippen LogP contribution >= 0.6 is 0 Å². The van der Waals surface area contributed by atoms with Crippen LogP contribution in [-0.4, -0.2) is 63.7 Å². The molecule has 1 N–H and O–H groups in total. The van der Waals surface area contributed by atoms with Gasteiger partial charge in [0.25, 0.3) is 0 Å². The molecule has 0 unspecified atom stereocenters. The van der Waals surface area contributed by atoms with Crippen LogP contribution < -0.4 is 27.4 Å². The first-order chi connectivity index (χ1) is 21.6. The average Bonchev–Trinajstić information content (AvgIpc) is 2.83. The summed E-state index contributed by atoms with van der Waals surface area (Å²) in [6.07, 6.45) is -2.17. The fraction of sp³-hybridized carbons (Fsp3) is 0.541. The van der Waals surface area contributed by atoms with Crippen LogP contribution in [0, 0.1) is 33.8 Å². The third-order valence-corrected chi connectivity index (χ3v) is 4.93. The first kappa shape index (κ1) is 51.2. The predicted molar refractivity (Wildman–Crippen MR) is 196 cm³/mol. The van der Waals surface area contributed by atoms with Gasteiger partial charge >= 0.3 is 41.3 Å². The summed E-state index contributed by atoms with van der Waals surface area (Å²) in [5.41, 5.74) is 5.04. The van der Waals surface area contributed by atoms with Crippen molar-refractivity contribution < 1.29 is 50.3 Å². The zero-order valence-corrected chi connectivity index (χ0v) is 36.0. The van der Waals surface area contributed by atoms with Gasteiger partial charge in [-0.25, -0.2) is 19.8 Å². The Morgan fingerprint density at radius 1 is 0.700 bits per heavy atom. The number of benzene rings is 2. The van der Waals surface area contributed by atoms with Crippen molar-refractivity contribution in [2.75, 3.05) is 5.01 Å². The van der Waals surface area contributed by atoms with E-state index in [1.54, 1.807) is 68.4 Å². The van der Waals surface area contributed by atoms with E-state index in [-0.39, 0.29) is 45.9 Å². The minimum absolute atomic E-state index is 0. The molecule has 0 aliphatic heterocycles. The number of anilines is 1. The standard InChI is InChI=1S/C18H28N2O4.C11H20N2O3.C8H9.BrH.Mg/c1-12-9-10-14(13(2)11-12)20(16(22)24-18(6,7)8)19-15(21)23-17(3,4)5;1-8(15-10(2,3)4)12-13-9(14)16-11(5,6)7;1-7-4-3-5-8(2)6-7;;/h9-11H,1-8H3,(H,19,21);1H2,2-7H3;3-4,6H,1-2H3;1H;/q;;-1;;+2/p-1. The van der Waals surface area contributed by atoms with Gasteiger partial charge in [-0.05, 0) is 115 Å². The Kier molecular flexibility index (Phi) is 22.4. The Bertz CT molecular complexity index is 1370. The van der Waals surface area contributed by atoms with E-state index in [0.29, 0.717) is 5.69 Å². The quantitative estimate of drug-likeness (QED) is 0.0901. The van der Waals surface area contributed by atoms with Crippen LogP contribution in [0.15, 0.2) is 59.1 Å². The Labute approximate surface area is 326 Å². The van der Waals surface area contributed by atoms with Gasteiger partial charge in [0.05, 0.1) is 5.69 Å². The average molecular weight is 774 g/mol. The van der Waals surface area contributed by atoms with Gasteiger partial charge in [-0.3, -0.25) is 0 Å². The maximum absolute atomic E-state index is 12.5. The molecule has 13 heteroatoms. The summed E-state index contributed by atoms with van der Waals surface area (Å²) >= 11 is 0. The van der Waals surface area contributed by atoms with Gasteiger partial charge in [0.1, 0.15) is 22.4 Å². The number of ether oxygens (including phenoxy) is 4. The zero-order valence-electron chi connectivity index (χ0n) is 33.0. The Morgan fingerprint density at radius 3 is 1.58 bits per heavy atom. The second-order valence-electron chi connectivity index (χ2n) is 15.1. The summed E-state index contributed by atoms with van der Waals surface area (Å²) < 4.78 is 20.8. The van der Waals surface area contributed by atoms with Crippen molar-refractivity contribution in [2.24, 2.45) is 10.2 Å². The molecule has 50 heavy (non-hydrogen) atoms. The molecule has 0 bridgehead atoms. The van der Waals surface area contributed by atoms with Crippen molar-refractivity contribution in [1.82, 2.24) is 5.43 Å². The van der Waals surface area contributed by atoms with Crippen LogP contribution in [0.4, 0.5) is 20.1 Å². The van der Waals surface area contributed by atoms with Gasteiger partial charge in [0, 0.05) is 0 Å². The summed E-state index contributed by atoms with van der Waals surface area (Å²) in [6.45, 7) is 32.8. The smallest absolute Gasteiger partial charge is 1.00 e. The first-order valence-corrected chi connectivity index (χ1v) is 15.6. The van der Waals surface area contributed by atoms with E-state index in [9.17, 15) is 14.4 Å². The molecule has 0 fully saturated rings. The van der Waals surface area contributed by atoms with Crippen molar-refractivity contribution in [2.45, 2.75) is 133 Å². The molecule has 0 saturated carbocycles.